The van der Waals surface area contributed by atoms with E-state index >= 15 is 0 Å². The van der Waals surface area contributed by atoms with Crippen molar-refractivity contribution in [3.05, 3.63) is 71.8 Å². The van der Waals surface area contributed by atoms with E-state index in [1.54, 1.807) is 12.1 Å². The monoisotopic (exact) mass is 324 g/mol. The number of hydrogen-bond donors (Lipinski definition) is 2. The van der Waals surface area contributed by atoms with Crippen LogP contribution in [-0.4, -0.2) is 18.2 Å². The minimum atomic E-state index is -1.21. The Balaban J connectivity index is 1.74. The first-order valence-corrected chi connectivity index (χ1v) is 8.00. The van der Waals surface area contributed by atoms with Crippen LogP contribution in [0.3, 0.4) is 0 Å². The van der Waals surface area contributed by atoms with Gasteiger partial charge in [-0.3, -0.25) is 9.59 Å². The van der Waals surface area contributed by atoms with Crippen molar-refractivity contribution in [2.24, 2.45) is 0 Å². The largest absolute Gasteiger partial charge is 0.336 e. The molecule has 1 fully saturated rings. The van der Waals surface area contributed by atoms with E-state index in [2.05, 4.69) is 10.6 Å². The van der Waals surface area contributed by atoms with Crippen molar-refractivity contribution in [3.8, 4) is 0 Å². The Labute approximate surface area is 141 Å². The molecule has 1 aliphatic rings. The molecule has 0 aliphatic carbocycles. The summed E-state index contributed by atoms with van der Waals surface area (Å²) < 4.78 is 5.62. The number of nitrogens with one attached hydrogen (secondary N) is 2. The maximum absolute atomic E-state index is 12.7. The van der Waals surface area contributed by atoms with Gasteiger partial charge in [-0.25, -0.2) is 0 Å². The van der Waals surface area contributed by atoms with Crippen LogP contribution in [0, 0.1) is 0 Å². The van der Waals surface area contributed by atoms with E-state index in [0.29, 0.717) is 18.6 Å². The zero-order valence-corrected chi connectivity index (χ0v) is 13.5. The van der Waals surface area contributed by atoms with Crippen LogP contribution in [0.5, 0.6) is 0 Å². The van der Waals surface area contributed by atoms with Gasteiger partial charge in [-0.05, 0) is 17.5 Å². The minimum Gasteiger partial charge on any atom is -0.336 e. The van der Waals surface area contributed by atoms with Gasteiger partial charge in [0.05, 0.1) is 6.61 Å². The van der Waals surface area contributed by atoms with Crippen molar-refractivity contribution >= 4 is 11.8 Å². The van der Waals surface area contributed by atoms with Gasteiger partial charge in [0.25, 0.3) is 0 Å². The maximum atomic E-state index is 12.7. The third-order valence-corrected chi connectivity index (χ3v) is 4.36. The summed E-state index contributed by atoms with van der Waals surface area (Å²) in [6.07, 6.45) is -0.450. The molecule has 24 heavy (non-hydrogen) atoms. The quantitative estimate of drug-likeness (QED) is 0.828. The molecule has 0 spiro atoms. The summed E-state index contributed by atoms with van der Waals surface area (Å²) in [6.45, 7) is 2.13. The van der Waals surface area contributed by atoms with E-state index in [-0.39, 0.29) is 11.8 Å². The Hall–Kier alpha value is -2.66. The molecule has 0 atom stereocenters. The van der Waals surface area contributed by atoms with Crippen molar-refractivity contribution in [1.82, 2.24) is 10.6 Å². The van der Waals surface area contributed by atoms with Crippen molar-refractivity contribution in [3.63, 3.8) is 0 Å². The van der Waals surface area contributed by atoms with Crippen molar-refractivity contribution in [1.29, 1.82) is 0 Å². The summed E-state index contributed by atoms with van der Waals surface area (Å²) in [6, 6.07) is 18.7. The lowest BCUT2D eigenvalue weighted by Gasteiger charge is -2.38. The number of carbonyl (C=O) groups excluding carboxylic acids is 2. The zero-order chi connectivity index (χ0) is 17.0. The number of ether oxygens (including phenoxy) is 1. The molecule has 0 bridgehead atoms. The highest BCUT2D eigenvalue weighted by molar-refractivity contribution is 6.12. The number of amides is 2. The summed E-state index contributed by atoms with van der Waals surface area (Å²) in [5.74, 6) is -0.670. The predicted octanol–water partition coefficient (Wildman–Crippen LogP) is 2.08. The lowest BCUT2D eigenvalue weighted by Crippen LogP contribution is -2.67. The summed E-state index contributed by atoms with van der Waals surface area (Å²) in [7, 11) is 0. The van der Waals surface area contributed by atoms with E-state index in [1.165, 1.54) is 0 Å². The predicted molar refractivity (Wildman–Crippen MR) is 89.7 cm³/mol. The molecule has 0 radical (unpaired) electrons. The zero-order valence-electron chi connectivity index (χ0n) is 13.5. The molecule has 5 nitrogen and oxygen atoms in total. The molecule has 1 saturated heterocycles. The highest BCUT2D eigenvalue weighted by Crippen LogP contribution is 2.31. The van der Waals surface area contributed by atoms with Crippen LogP contribution in [0.15, 0.2) is 60.7 Å². The van der Waals surface area contributed by atoms with Gasteiger partial charge < -0.3 is 15.4 Å². The van der Waals surface area contributed by atoms with Crippen LogP contribution in [-0.2, 0) is 26.3 Å². The Kier molecular flexibility index (Phi) is 4.62. The van der Waals surface area contributed by atoms with Crippen molar-refractivity contribution < 1.29 is 14.3 Å². The Bertz CT molecular complexity index is 698. The van der Waals surface area contributed by atoms with E-state index in [1.807, 2.05) is 55.5 Å². The third kappa shape index (κ3) is 2.90. The standard InChI is InChI=1S/C19H20N2O3/c1-2-19(15-11-7-4-8-12-15)16(22)20-18(21-17(19)23)24-13-14-9-5-3-6-10-14/h3-12,18H,2,13H2,1H3,(H,20,22)(H,21,23). The SMILES string of the molecule is CCC1(c2ccccc2)C(=O)NC(OCc2ccccc2)NC1=O. The van der Waals surface area contributed by atoms with Crippen LogP contribution in [0.4, 0.5) is 0 Å². The first-order valence-electron chi connectivity index (χ1n) is 8.00. The summed E-state index contributed by atoms with van der Waals surface area (Å²) in [5.41, 5.74) is 0.439. The highest BCUT2D eigenvalue weighted by atomic mass is 16.5. The van der Waals surface area contributed by atoms with Gasteiger partial charge in [-0.1, -0.05) is 67.6 Å². The van der Waals surface area contributed by atoms with Crippen LogP contribution in [0.1, 0.15) is 24.5 Å². The molecule has 1 aliphatic heterocycles. The maximum Gasteiger partial charge on any atom is 0.243 e. The Morgan fingerprint density at radius 3 is 2.00 bits per heavy atom. The molecule has 0 saturated carbocycles. The first kappa shape index (κ1) is 16.2. The van der Waals surface area contributed by atoms with Crippen LogP contribution in [0.25, 0.3) is 0 Å². The molecule has 2 aromatic carbocycles. The summed E-state index contributed by atoms with van der Waals surface area (Å²) in [4.78, 5) is 25.5. The average molecular weight is 324 g/mol. The summed E-state index contributed by atoms with van der Waals surface area (Å²) in [5, 5.41) is 5.53. The van der Waals surface area contributed by atoms with Crippen LogP contribution in [0.2, 0.25) is 0 Å². The second-order valence-corrected chi connectivity index (χ2v) is 5.75. The van der Waals surface area contributed by atoms with E-state index < -0.39 is 11.8 Å². The molecular weight excluding hydrogens is 304 g/mol. The molecule has 2 amide bonds. The number of hydrogen-bond acceptors (Lipinski definition) is 3. The van der Waals surface area contributed by atoms with Gasteiger partial charge in [0.15, 0.2) is 5.41 Å². The number of benzene rings is 2. The molecule has 0 aromatic heterocycles. The Morgan fingerprint density at radius 2 is 1.46 bits per heavy atom. The van der Waals surface area contributed by atoms with Gasteiger partial charge in [0.2, 0.25) is 18.2 Å². The molecule has 2 N–H and O–H groups in total. The number of rotatable bonds is 5. The molecule has 0 unspecified atom stereocenters. The van der Waals surface area contributed by atoms with Gasteiger partial charge in [0.1, 0.15) is 0 Å². The van der Waals surface area contributed by atoms with Crippen LogP contribution < -0.4 is 10.6 Å². The molecule has 124 valence electrons. The fourth-order valence-corrected chi connectivity index (χ4v) is 2.97. The smallest absolute Gasteiger partial charge is 0.243 e. The van der Waals surface area contributed by atoms with E-state index in [9.17, 15) is 9.59 Å². The highest BCUT2D eigenvalue weighted by Gasteiger charge is 2.50. The average Bonchev–Trinajstić information content (AvgIpc) is 2.62. The molecule has 3 rings (SSSR count). The third-order valence-electron chi connectivity index (χ3n) is 4.36. The second kappa shape index (κ2) is 6.84. The van der Waals surface area contributed by atoms with Gasteiger partial charge >= 0.3 is 0 Å². The van der Waals surface area contributed by atoms with Gasteiger partial charge in [0, 0.05) is 0 Å². The normalized spacial score (nSPS) is 23.5. The van der Waals surface area contributed by atoms with Gasteiger partial charge in [-0.15, -0.1) is 0 Å². The Morgan fingerprint density at radius 1 is 0.917 bits per heavy atom. The van der Waals surface area contributed by atoms with Crippen molar-refractivity contribution in [2.75, 3.05) is 0 Å². The second-order valence-electron chi connectivity index (χ2n) is 5.75. The topological polar surface area (TPSA) is 67.4 Å². The fraction of sp³-hybridized carbons (Fsp3) is 0.263. The molecular formula is C19H20N2O3. The first-order chi connectivity index (χ1) is 11.7. The van der Waals surface area contributed by atoms with E-state index in [0.717, 1.165) is 5.56 Å². The van der Waals surface area contributed by atoms with Gasteiger partial charge in [-0.2, -0.15) is 0 Å². The fourth-order valence-electron chi connectivity index (χ4n) is 2.97. The van der Waals surface area contributed by atoms with Crippen molar-refractivity contribution in [2.45, 2.75) is 31.7 Å². The molecule has 5 heteroatoms. The lowest BCUT2D eigenvalue weighted by molar-refractivity contribution is -0.152. The summed E-state index contributed by atoms with van der Waals surface area (Å²) >= 11 is 0. The lowest BCUT2D eigenvalue weighted by atomic mass is 9.75. The minimum absolute atomic E-state index is 0.302. The molecule has 1 heterocycles. The van der Waals surface area contributed by atoms with Crippen LogP contribution >= 0.6 is 0 Å². The molecule has 2 aromatic rings. The van der Waals surface area contributed by atoms with E-state index in [4.69, 9.17) is 4.74 Å². The number of carbonyl (C=O) groups is 2.